The number of piperazine rings is 1. The van der Waals surface area contributed by atoms with Crippen LogP contribution in [0.2, 0.25) is 0 Å². The third-order valence-corrected chi connectivity index (χ3v) is 5.03. The van der Waals surface area contributed by atoms with E-state index >= 15 is 0 Å². The Hall–Kier alpha value is -1.73. The molecule has 2 aromatic heterocycles. The molecule has 124 valence electrons. The van der Waals surface area contributed by atoms with Crippen molar-refractivity contribution in [3.63, 3.8) is 0 Å². The zero-order valence-corrected chi connectivity index (χ0v) is 13.9. The van der Waals surface area contributed by atoms with Gasteiger partial charge in [0.2, 0.25) is 0 Å². The molecule has 7 heteroatoms. The quantitative estimate of drug-likeness (QED) is 0.843. The van der Waals surface area contributed by atoms with Crippen LogP contribution in [-0.2, 0) is 4.74 Å². The molecule has 0 aromatic carbocycles. The number of ether oxygens (including phenoxy) is 1. The first-order chi connectivity index (χ1) is 11.2. The average molecular weight is 316 g/mol. The molecule has 4 rings (SSSR count). The van der Waals surface area contributed by atoms with Crippen molar-refractivity contribution in [1.29, 1.82) is 0 Å². The van der Waals surface area contributed by atoms with Gasteiger partial charge in [0.25, 0.3) is 5.78 Å². The summed E-state index contributed by atoms with van der Waals surface area (Å²) in [5.41, 5.74) is 2.22. The van der Waals surface area contributed by atoms with Gasteiger partial charge in [-0.25, -0.2) is 4.98 Å². The summed E-state index contributed by atoms with van der Waals surface area (Å²) in [6.07, 6.45) is 4.44. The van der Waals surface area contributed by atoms with Crippen molar-refractivity contribution in [1.82, 2.24) is 24.5 Å². The highest BCUT2D eigenvalue weighted by Gasteiger charge is 2.25. The second-order valence-electron chi connectivity index (χ2n) is 6.54. The molecule has 2 saturated heterocycles. The summed E-state index contributed by atoms with van der Waals surface area (Å²) in [6, 6.07) is 0. The Kier molecular flexibility index (Phi) is 3.90. The molecule has 1 atom stereocenters. The van der Waals surface area contributed by atoms with Gasteiger partial charge < -0.3 is 9.64 Å². The first kappa shape index (κ1) is 14.8. The third-order valence-electron chi connectivity index (χ3n) is 5.03. The Balaban J connectivity index is 1.50. The van der Waals surface area contributed by atoms with Gasteiger partial charge in [-0.15, -0.1) is 0 Å². The van der Waals surface area contributed by atoms with Gasteiger partial charge in [-0.2, -0.15) is 14.6 Å². The molecule has 2 aromatic rings. The van der Waals surface area contributed by atoms with E-state index in [0.717, 1.165) is 50.8 Å². The van der Waals surface area contributed by atoms with Crippen molar-refractivity contribution in [2.45, 2.75) is 32.8 Å². The number of fused-ring (bicyclic) bond motifs is 1. The molecule has 2 aliphatic rings. The Morgan fingerprint density at radius 2 is 2.04 bits per heavy atom. The molecule has 0 radical (unpaired) electrons. The van der Waals surface area contributed by atoms with Gasteiger partial charge in [0, 0.05) is 50.6 Å². The van der Waals surface area contributed by atoms with E-state index in [-0.39, 0.29) is 0 Å². The van der Waals surface area contributed by atoms with Crippen molar-refractivity contribution in [3.8, 4) is 0 Å². The smallest absolute Gasteiger partial charge is 0.254 e. The molecule has 0 amide bonds. The molecule has 2 aliphatic heterocycles. The standard InChI is InChI=1S/C16H24N6O/c1-12-13(2)19-16-17-11-18-22(16)15(12)21-7-5-20(6-8-21)10-14-4-3-9-23-14/h11,14H,3-10H2,1-2H3. The highest BCUT2D eigenvalue weighted by atomic mass is 16.5. The van der Waals surface area contributed by atoms with Gasteiger partial charge in [0.15, 0.2) is 0 Å². The molecule has 23 heavy (non-hydrogen) atoms. The fourth-order valence-corrected chi connectivity index (χ4v) is 3.61. The van der Waals surface area contributed by atoms with Gasteiger partial charge in [-0.05, 0) is 26.7 Å². The summed E-state index contributed by atoms with van der Waals surface area (Å²) >= 11 is 0. The van der Waals surface area contributed by atoms with E-state index in [1.54, 1.807) is 6.33 Å². The van der Waals surface area contributed by atoms with Gasteiger partial charge in [0.05, 0.1) is 6.10 Å². The van der Waals surface area contributed by atoms with Gasteiger partial charge >= 0.3 is 0 Å². The first-order valence-corrected chi connectivity index (χ1v) is 8.48. The van der Waals surface area contributed by atoms with Crippen LogP contribution < -0.4 is 4.90 Å². The number of hydrogen-bond donors (Lipinski definition) is 0. The summed E-state index contributed by atoms with van der Waals surface area (Å²) in [7, 11) is 0. The van der Waals surface area contributed by atoms with E-state index in [1.165, 1.54) is 18.4 Å². The molecule has 7 nitrogen and oxygen atoms in total. The molecule has 0 bridgehead atoms. The second-order valence-corrected chi connectivity index (χ2v) is 6.54. The maximum absolute atomic E-state index is 5.76. The van der Waals surface area contributed by atoms with Crippen molar-refractivity contribution in [2.75, 3.05) is 44.2 Å². The Morgan fingerprint density at radius 1 is 1.22 bits per heavy atom. The van der Waals surface area contributed by atoms with Crippen molar-refractivity contribution < 1.29 is 4.74 Å². The molecule has 0 aliphatic carbocycles. The lowest BCUT2D eigenvalue weighted by atomic mass is 10.2. The third kappa shape index (κ3) is 2.79. The van der Waals surface area contributed by atoms with E-state index in [0.29, 0.717) is 11.9 Å². The van der Waals surface area contributed by atoms with Gasteiger partial charge in [0.1, 0.15) is 12.1 Å². The van der Waals surface area contributed by atoms with Crippen LogP contribution in [0.4, 0.5) is 5.82 Å². The van der Waals surface area contributed by atoms with Crippen LogP contribution in [-0.4, -0.2) is 69.9 Å². The van der Waals surface area contributed by atoms with Crippen LogP contribution in [0.15, 0.2) is 6.33 Å². The summed E-state index contributed by atoms with van der Waals surface area (Å²) in [6.45, 7) is 10.3. The van der Waals surface area contributed by atoms with Crippen LogP contribution in [0.5, 0.6) is 0 Å². The fourth-order valence-electron chi connectivity index (χ4n) is 3.61. The number of aryl methyl sites for hydroxylation is 1. The Bertz CT molecular complexity index is 685. The predicted octanol–water partition coefficient (Wildman–Crippen LogP) is 1.04. The fraction of sp³-hybridized carbons (Fsp3) is 0.688. The zero-order valence-electron chi connectivity index (χ0n) is 13.9. The summed E-state index contributed by atoms with van der Waals surface area (Å²) < 4.78 is 7.64. The molecule has 2 fully saturated rings. The lowest BCUT2D eigenvalue weighted by Crippen LogP contribution is -2.49. The van der Waals surface area contributed by atoms with Crippen LogP contribution in [0.25, 0.3) is 5.78 Å². The highest BCUT2D eigenvalue weighted by Crippen LogP contribution is 2.24. The number of hydrogen-bond acceptors (Lipinski definition) is 6. The van der Waals surface area contributed by atoms with Crippen LogP contribution in [0, 0.1) is 13.8 Å². The SMILES string of the molecule is Cc1nc2ncnn2c(N2CCN(CC3CCCO3)CC2)c1C. The van der Waals surface area contributed by atoms with E-state index in [1.807, 2.05) is 11.4 Å². The number of aromatic nitrogens is 4. The lowest BCUT2D eigenvalue weighted by Gasteiger charge is -2.37. The number of nitrogens with zero attached hydrogens (tertiary/aromatic N) is 6. The minimum atomic E-state index is 0.438. The minimum Gasteiger partial charge on any atom is -0.377 e. The molecule has 1 unspecified atom stereocenters. The maximum Gasteiger partial charge on any atom is 0.254 e. The molecule has 0 saturated carbocycles. The average Bonchev–Trinajstić information content (AvgIpc) is 3.21. The summed E-state index contributed by atoms with van der Waals surface area (Å²) in [5.74, 6) is 1.83. The van der Waals surface area contributed by atoms with E-state index in [4.69, 9.17) is 4.74 Å². The van der Waals surface area contributed by atoms with Crippen LogP contribution in [0.1, 0.15) is 24.1 Å². The van der Waals surface area contributed by atoms with E-state index < -0.39 is 0 Å². The summed E-state index contributed by atoms with van der Waals surface area (Å²) in [4.78, 5) is 13.7. The second kappa shape index (κ2) is 6.05. The molecular weight excluding hydrogens is 292 g/mol. The Morgan fingerprint density at radius 3 is 2.78 bits per heavy atom. The molecule has 4 heterocycles. The monoisotopic (exact) mass is 316 g/mol. The maximum atomic E-state index is 5.76. The molecule has 0 N–H and O–H groups in total. The van der Waals surface area contributed by atoms with Crippen molar-refractivity contribution in [2.24, 2.45) is 0 Å². The van der Waals surface area contributed by atoms with Crippen molar-refractivity contribution in [3.05, 3.63) is 17.6 Å². The first-order valence-electron chi connectivity index (χ1n) is 8.48. The Labute approximate surface area is 136 Å². The van der Waals surface area contributed by atoms with Gasteiger partial charge in [-0.1, -0.05) is 0 Å². The number of anilines is 1. The summed E-state index contributed by atoms with van der Waals surface area (Å²) in [5, 5.41) is 4.37. The lowest BCUT2D eigenvalue weighted by molar-refractivity contribution is 0.0712. The van der Waals surface area contributed by atoms with Crippen LogP contribution in [0.3, 0.4) is 0 Å². The molecular formula is C16H24N6O. The van der Waals surface area contributed by atoms with E-state index in [9.17, 15) is 0 Å². The van der Waals surface area contributed by atoms with E-state index in [2.05, 4.69) is 31.8 Å². The topological polar surface area (TPSA) is 58.8 Å². The normalized spacial score (nSPS) is 23.0. The largest absolute Gasteiger partial charge is 0.377 e. The zero-order chi connectivity index (χ0) is 15.8. The van der Waals surface area contributed by atoms with Crippen molar-refractivity contribution >= 4 is 11.6 Å². The predicted molar refractivity (Wildman–Crippen MR) is 87.9 cm³/mol. The molecule has 0 spiro atoms. The highest BCUT2D eigenvalue weighted by molar-refractivity contribution is 5.54. The minimum absolute atomic E-state index is 0.438. The van der Waals surface area contributed by atoms with Crippen LogP contribution >= 0.6 is 0 Å². The van der Waals surface area contributed by atoms with Gasteiger partial charge in [-0.3, -0.25) is 4.90 Å². The number of rotatable bonds is 3.